The molecule has 0 aliphatic rings. The number of hydrogen-bond donors (Lipinski definition) is 1. The number of methoxy groups -OCH3 is 2. The second-order valence-electron chi connectivity index (χ2n) is 13.1. The predicted octanol–water partition coefficient (Wildman–Crippen LogP) is 6.79. The van der Waals surface area contributed by atoms with Gasteiger partial charge in [0.2, 0.25) is 0 Å². The average molecular weight is 669 g/mol. The van der Waals surface area contributed by atoms with Gasteiger partial charge in [-0.2, -0.15) is 0 Å². The quantitative estimate of drug-likeness (QED) is 0.0960. The fourth-order valence-corrected chi connectivity index (χ4v) is 6.35. The molecule has 0 radical (unpaired) electrons. The summed E-state index contributed by atoms with van der Waals surface area (Å²) in [5.41, 5.74) is 5.03. The molecular weight excluding hydrogens is 625 g/mol. The van der Waals surface area contributed by atoms with Crippen LogP contribution < -0.4 is 19.9 Å². The number of nitrogens with zero attached hydrogens (tertiary/aromatic N) is 4. The Labute approximate surface area is 282 Å². The van der Waals surface area contributed by atoms with Crippen molar-refractivity contribution in [2.75, 3.05) is 25.7 Å². The van der Waals surface area contributed by atoms with Crippen molar-refractivity contribution in [2.24, 2.45) is 0 Å². The SMILES string of the molecule is COc1ccc(CN(Cc2ccc(OC)cc2)c2nc3cc(Cn4c(C(=O)O)cccc4=O)n(COCC[Si](C)(C)C)c3cc2C)cc1. The Morgan fingerprint density at radius 2 is 1.48 bits per heavy atom. The van der Waals surface area contributed by atoms with E-state index in [2.05, 4.69) is 54.9 Å². The molecule has 0 fully saturated rings. The number of rotatable bonds is 15. The Kier molecular flexibility index (Phi) is 10.7. The molecule has 0 amide bonds. The second kappa shape index (κ2) is 14.9. The van der Waals surface area contributed by atoms with Crippen molar-refractivity contribution < 1.29 is 24.1 Å². The van der Waals surface area contributed by atoms with Gasteiger partial charge in [-0.3, -0.25) is 9.36 Å². The Bertz CT molecular complexity index is 1880. The number of carbonyl (C=O) groups is 1. The largest absolute Gasteiger partial charge is 0.497 e. The molecule has 0 bridgehead atoms. The van der Waals surface area contributed by atoms with E-state index in [0.717, 1.165) is 56.8 Å². The molecule has 0 saturated heterocycles. The molecule has 0 atom stereocenters. The average Bonchev–Trinajstić information content (AvgIpc) is 3.38. The zero-order valence-corrected chi connectivity index (χ0v) is 29.5. The molecule has 10 nitrogen and oxygen atoms in total. The molecule has 5 aromatic rings. The molecule has 1 N–H and O–H groups in total. The summed E-state index contributed by atoms with van der Waals surface area (Å²) in [6, 6.07) is 25.4. The first-order chi connectivity index (χ1) is 23.0. The van der Waals surface area contributed by atoms with Crippen molar-refractivity contribution in [2.45, 2.75) is 59.0 Å². The minimum absolute atomic E-state index is 0.0604. The van der Waals surface area contributed by atoms with Crippen LogP contribution >= 0.6 is 0 Å². The first-order valence-corrected chi connectivity index (χ1v) is 19.7. The topological polar surface area (TPSA) is 108 Å². The zero-order chi connectivity index (χ0) is 34.4. The Balaban J connectivity index is 1.58. The van der Waals surface area contributed by atoms with Crippen LogP contribution in [0.1, 0.15) is 32.9 Å². The highest BCUT2D eigenvalue weighted by atomic mass is 28.3. The van der Waals surface area contributed by atoms with E-state index < -0.39 is 14.0 Å². The van der Waals surface area contributed by atoms with Crippen LogP contribution in [0.25, 0.3) is 11.0 Å². The van der Waals surface area contributed by atoms with Gasteiger partial charge >= 0.3 is 5.97 Å². The summed E-state index contributed by atoms with van der Waals surface area (Å²) < 4.78 is 20.2. The number of fused-ring (bicyclic) bond motifs is 1. The van der Waals surface area contributed by atoms with Crippen LogP contribution in [0.2, 0.25) is 25.7 Å². The van der Waals surface area contributed by atoms with E-state index in [1.165, 1.54) is 22.8 Å². The summed E-state index contributed by atoms with van der Waals surface area (Å²) >= 11 is 0. The van der Waals surface area contributed by atoms with Crippen molar-refractivity contribution in [3.05, 3.63) is 117 Å². The first kappa shape index (κ1) is 34.5. The lowest BCUT2D eigenvalue weighted by molar-refractivity contribution is 0.0683. The minimum Gasteiger partial charge on any atom is -0.497 e. The normalized spacial score (nSPS) is 11.5. The maximum absolute atomic E-state index is 12.9. The van der Waals surface area contributed by atoms with Gasteiger partial charge in [-0.05, 0) is 72.1 Å². The van der Waals surface area contributed by atoms with Gasteiger partial charge in [0.05, 0.1) is 31.8 Å². The molecule has 252 valence electrons. The van der Waals surface area contributed by atoms with Gasteiger partial charge in [0.25, 0.3) is 5.56 Å². The number of aromatic nitrogens is 3. The number of carboxylic acids is 1. The Hall–Kier alpha value is -4.87. The lowest BCUT2D eigenvalue weighted by Crippen LogP contribution is -2.26. The third kappa shape index (κ3) is 8.34. The van der Waals surface area contributed by atoms with Crippen molar-refractivity contribution in [3.63, 3.8) is 0 Å². The van der Waals surface area contributed by atoms with E-state index in [-0.39, 0.29) is 24.5 Å². The standard InChI is InChI=1S/C37H44N4O6Si/c1-26-20-34-32(21-29(41(34)25-47-18-19-48(4,5)6)24-40-33(37(43)44)8-7-9-35(40)42)38-36(26)39(22-27-10-14-30(45-2)15-11-27)23-28-12-16-31(46-3)17-13-28/h7-17,20-21H,18-19,22-25H2,1-6H3,(H,43,44). The van der Waals surface area contributed by atoms with Gasteiger partial charge in [-0.15, -0.1) is 0 Å². The molecule has 11 heteroatoms. The number of pyridine rings is 2. The van der Waals surface area contributed by atoms with Crippen LogP contribution in [0.5, 0.6) is 11.5 Å². The summed E-state index contributed by atoms with van der Waals surface area (Å²) in [6.45, 7) is 11.1. The summed E-state index contributed by atoms with van der Waals surface area (Å²) in [4.78, 5) is 32.4. The molecule has 0 spiro atoms. The molecule has 3 heterocycles. The molecule has 0 unspecified atom stereocenters. The number of aryl methyl sites for hydroxylation is 1. The Morgan fingerprint density at radius 1 is 0.875 bits per heavy atom. The summed E-state index contributed by atoms with van der Waals surface area (Å²) in [6.07, 6.45) is 0. The van der Waals surface area contributed by atoms with E-state index in [9.17, 15) is 14.7 Å². The van der Waals surface area contributed by atoms with E-state index in [1.807, 2.05) is 41.8 Å². The summed E-state index contributed by atoms with van der Waals surface area (Å²) in [5.74, 6) is 1.24. The van der Waals surface area contributed by atoms with Crippen molar-refractivity contribution in [3.8, 4) is 11.5 Å². The minimum atomic E-state index is -1.32. The second-order valence-corrected chi connectivity index (χ2v) is 18.8. The number of carboxylic acid groups (broad SMARTS) is 1. The van der Waals surface area contributed by atoms with Crippen molar-refractivity contribution in [1.82, 2.24) is 14.1 Å². The maximum atomic E-state index is 12.9. The van der Waals surface area contributed by atoms with Gasteiger partial charge in [0.1, 0.15) is 29.7 Å². The molecule has 0 aliphatic heterocycles. The highest BCUT2D eigenvalue weighted by molar-refractivity contribution is 6.76. The smallest absolute Gasteiger partial charge is 0.352 e. The van der Waals surface area contributed by atoms with Crippen LogP contribution in [0, 0.1) is 6.92 Å². The fraction of sp³-hybridized carbons (Fsp3) is 0.324. The first-order valence-electron chi connectivity index (χ1n) is 16.0. The summed E-state index contributed by atoms with van der Waals surface area (Å²) in [5, 5.41) is 9.84. The molecular formula is C37H44N4O6Si. The number of anilines is 1. The zero-order valence-electron chi connectivity index (χ0n) is 28.5. The number of aromatic carboxylic acids is 1. The predicted molar refractivity (Wildman–Crippen MR) is 191 cm³/mol. The third-order valence-electron chi connectivity index (χ3n) is 8.31. The van der Waals surface area contributed by atoms with E-state index in [0.29, 0.717) is 19.7 Å². The lowest BCUT2D eigenvalue weighted by Gasteiger charge is -2.26. The number of ether oxygens (including phenoxy) is 3. The molecule has 0 saturated carbocycles. The van der Waals surface area contributed by atoms with Gasteiger partial charge in [0.15, 0.2) is 0 Å². The maximum Gasteiger partial charge on any atom is 0.352 e. The van der Waals surface area contributed by atoms with E-state index in [4.69, 9.17) is 19.2 Å². The van der Waals surface area contributed by atoms with Crippen LogP contribution in [-0.2, 0) is 31.1 Å². The highest BCUT2D eigenvalue weighted by Crippen LogP contribution is 2.29. The van der Waals surface area contributed by atoms with Crippen molar-refractivity contribution >= 4 is 30.9 Å². The van der Waals surface area contributed by atoms with Crippen LogP contribution in [-0.4, -0.2) is 54.1 Å². The molecule has 0 aliphatic carbocycles. The number of benzene rings is 2. The van der Waals surface area contributed by atoms with Crippen molar-refractivity contribution in [1.29, 1.82) is 0 Å². The monoisotopic (exact) mass is 668 g/mol. The highest BCUT2D eigenvalue weighted by Gasteiger charge is 2.20. The lowest BCUT2D eigenvalue weighted by atomic mass is 10.1. The van der Waals surface area contributed by atoms with Gasteiger partial charge in [-0.1, -0.05) is 50.0 Å². The van der Waals surface area contributed by atoms with Gasteiger partial charge in [0, 0.05) is 39.5 Å². The van der Waals surface area contributed by atoms with E-state index in [1.54, 1.807) is 14.2 Å². The third-order valence-corrected chi connectivity index (χ3v) is 10.0. The van der Waals surface area contributed by atoms with Gasteiger partial charge < -0.3 is 28.8 Å². The Morgan fingerprint density at radius 3 is 2.02 bits per heavy atom. The fourth-order valence-electron chi connectivity index (χ4n) is 5.59. The molecule has 3 aromatic heterocycles. The van der Waals surface area contributed by atoms with Gasteiger partial charge in [-0.25, -0.2) is 9.78 Å². The van der Waals surface area contributed by atoms with E-state index >= 15 is 0 Å². The summed E-state index contributed by atoms with van der Waals surface area (Å²) in [7, 11) is 1.99. The van der Waals surface area contributed by atoms with Crippen LogP contribution in [0.4, 0.5) is 5.82 Å². The molecule has 5 rings (SSSR count). The number of hydrogen-bond acceptors (Lipinski definition) is 7. The molecule has 2 aromatic carbocycles. The van der Waals surface area contributed by atoms with Crippen LogP contribution in [0.3, 0.4) is 0 Å². The van der Waals surface area contributed by atoms with Crippen LogP contribution in [0.15, 0.2) is 83.7 Å². The molecule has 48 heavy (non-hydrogen) atoms.